The van der Waals surface area contributed by atoms with Crippen LogP contribution in [-0.4, -0.2) is 72.6 Å². The highest BCUT2D eigenvalue weighted by Gasteiger charge is 2.47. The number of nitrogens with zero attached hydrogens (tertiary/aromatic N) is 2. The molecule has 1 unspecified atom stereocenters. The number of hydrogen-bond acceptors (Lipinski definition) is 4. The summed E-state index contributed by atoms with van der Waals surface area (Å²) in [6.07, 6.45) is 6.60. The molecule has 0 aromatic rings. The molecule has 136 valence electrons. The standard InChI is InChI=1S/C18H31N3O3/c1-18(17(23)19-15-5-2-3-6-15)8-7-16(22)21(18)10-4-9-20-11-13-24-14-12-20/h15H,2-14H2,1H3,(H,19,23). The lowest BCUT2D eigenvalue weighted by atomic mass is 9.96. The highest BCUT2D eigenvalue weighted by molar-refractivity contribution is 5.94. The van der Waals surface area contributed by atoms with Gasteiger partial charge in [0.05, 0.1) is 13.2 Å². The molecule has 1 aliphatic carbocycles. The van der Waals surface area contributed by atoms with Crippen molar-refractivity contribution in [2.24, 2.45) is 0 Å². The summed E-state index contributed by atoms with van der Waals surface area (Å²) in [6.45, 7) is 7.10. The molecule has 2 heterocycles. The Balaban J connectivity index is 1.52. The van der Waals surface area contributed by atoms with E-state index in [4.69, 9.17) is 4.74 Å². The van der Waals surface area contributed by atoms with Crippen molar-refractivity contribution in [2.75, 3.05) is 39.4 Å². The van der Waals surface area contributed by atoms with Crippen molar-refractivity contribution in [2.45, 2.75) is 63.5 Å². The molecule has 24 heavy (non-hydrogen) atoms. The largest absolute Gasteiger partial charge is 0.379 e. The van der Waals surface area contributed by atoms with Crippen LogP contribution in [0.3, 0.4) is 0 Å². The number of hydrogen-bond donors (Lipinski definition) is 1. The third-order valence-electron chi connectivity index (χ3n) is 5.86. The first-order chi connectivity index (χ1) is 11.6. The summed E-state index contributed by atoms with van der Waals surface area (Å²) in [7, 11) is 0. The number of carbonyl (C=O) groups excluding carboxylic acids is 2. The lowest BCUT2D eigenvalue weighted by Crippen LogP contribution is -2.56. The molecule has 1 saturated carbocycles. The summed E-state index contributed by atoms with van der Waals surface area (Å²) >= 11 is 0. The van der Waals surface area contributed by atoms with Crippen LogP contribution in [0.15, 0.2) is 0 Å². The molecule has 6 heteroatoms. The van der Waals surface area contributed by atoms with Gasteiger partial charge in [0.1, 0.15) is 5.54 Å². The van der Waals surface area contributed by atoms with Gasteiger partial charge in [-0.3, -0.25) is 14.5 Å². The van der Waals surface area contributed by atoms with E-state index >= 15 is 0 Å². The van der Waals surface area contributed by atoms with Crippen LogP contribution in [0.4, 0.5) is 0 Å². The van der Waals surface area contributed by atoms with Crippen molar-refractivity contribution in [1.29, 1.82) is 0 Å². The number of morpholine rings is 1. The minimum atomic E-state index is -0.662. The van der Waals surface area contributed by atoms with E-state index in [1.54, 1.807) is 0 Å². The van der Waals surface area contributed by atoms with Gasteiger partial charge in [-0.05, 0) is 32.6 Å². The average molecular weight is 337 g/mol. The lowest BCUT2D eigenvalue weighted by molar-refractivity contribution is -0.141. The topological polar surface area (TPSA) is 61.9 Å². The zero-order valence-electron chi connectivity index (χ0n) is 14.9. The zero-order chi connectivity index (χ0) is 17.0. The first-order valence-electron chi connectivity index (χ1n) is 9.51. The minimum Gasteiger partial charge on any atom is -0.379 e. The van der Waals surface area contributed by atoms with E-state index in [1.807, 2.05) is 11.8 Å². The molecule has 0 radical (unpaired) electrons. The van der Waals surface area contributed by atoms with Crippen LogP contribution in [0, 0.1) is 0 Å². The number of nitrogens with one attached hydrogen (secondary N) is 1. The first kappa shape index (κ1) is 17.7. The molecule has 2 aliphatic heterocycles. The molecular formula is C18H31N3O3. The van der Waals surface area contributed by atoms with E-state index in [-0.39, 0.29) is 11.8 Å². The van der Waals surface area contributed by atoms with Crippen molar-refractivity contribution in [3.05, 3.63) is 0 Å². The molecule has 3 aliphatic rings. The minimum absolute atomic E-state index is 0.0478. The lowest BCUT2D eigenvalue weighted by Gasteiger charge is -2.35. The van der Waals surface area contributed by atoms with Crippen LogP contribution < -0.4 is 5.32 Å². The zero-order valence-corrected chi connectivity index (χ0v) is 14.9. The highest BCUT2D eigenvalue weighted by Crippen LogP contribution is 2.31. The van der Waals surface area contributed by atoms with Gasteiger partial charge in [-0.2, -0.15) is 0 Å². The second kappa shape index (κ2) is 7.83. The number of likely N-dealkylation sites (tertiary alicyclic amines) is 1. The quantitative estimate of drug-likeness (QED) is 0.790. The van der Waals surface area contributed by atoms with E-state index in [2.05, 4.69) is 10.2 Å². The maximum atomic E-state index is 12.8. The normalized spacial score (nSPS) is 29.4. The Kier molecular flexibility index (Phi) is 5.76. The van der Waals surface area contributed by atoms with Crippen LogP contribution in [0.2, 0.25) is 0 Å². The van der Waals surface area contributed by atoms with Crippen molar-refractivity contribution in [1.82, 2.24) is 15.1 Å². The SMILES string of the molecule is CC1(C(=O)NC2CCCC2)CCC(=O)N1CCCN1CCOCC1. The van der Waals surface area contributed by atoms with E-state index in [9.17, 15) is 9.59 Å². The number of amides is 2. The number of rotatable bonds is 6. The van der Waals surface area contributed by atoms with Gasteiger partial charge in [-0.15, -0.1) is 0 Å². The summed E-state index contributed by atoms with van der Waals surface area (Å²) in [6, 6.07) is 0.306. The van der Waals surface area contributed by atoms with Gasteiger partial charge >= 0.3 is 0 Å². The smallest absolute Gasteiger partial charge is 0.245 e. The molecule has 2 saturated heterocycles. The van der Waals surface area contributed by atoms with Crippen LogP contribution in [0.5, 0.6) is 0 Å². The Morgan fingerprint density at radius 3 is 2.67 bits per heavy atom. The first-order valence-corrected chi connectivity index (χ1v) is 9.51. The molecule has 1 atom stereocenters. The Morgan fingerprint density at radius 2 is 1.96 bits per heavy atom. The van der Waals surface area contributed by atoms with E-state index in [0.29, 0.717) is 25.4 Å². The molecule has 3 rings (SSSR count). The van der Waals surface area contributed by atoms with Gasteiger partial charge < -0.3 is 15.0 Å². The third-order valence-corrected chi connectivity index (χ3v) is 5.86. The van der Waals surface area contributed by atoms with Crippen LogP contribution in [0.1, 0.15) is 51.9 Å². The van der Waals surface area contributed by atoms with Crippen molar-refractivity contribution in [3.63, 3.8) is 0 Å². The molecule has 3 fully saturated rings. The fourth-order valence-electron chi connectivity index (χ4n) is 4.19. The predicted molar refractivity (Wildman–Crippen MR) is 91.6 cm³/mol. The van der Waals surface area contributed by atoms with Crippen molar-refractivity contribution < 1.29 is 14.3 Å². The molecule has 6 nitrogen and oxygen atoms in total. The van der Waals surface area contributed by atoms with Crippen LogP contribution >= 0.6 is 0 Å². The maximum Gasteiger partial charge on any atom is 0.245 e. The van der Waals surface area contributed by atoms with E-state index < -0.39 is 5.54 Å². The summed E-state index contributed by atoms with van der Waals surface area (Å²) < 4.78 is 5.37. The second-order valence-electron chi connectivity index (χ2n) is 7.58. The highest BCUT2D eigenvalue weighted by atomic mass is 16.5. The second-order valence-corrected chi connectivity index (χ2v) is 7.58. The maximum absolute atomic E-state index is 12.8. The number of ether oxygens (including phenoxy) is 1. The van der Waals surface area contributed by atoms with Crippen LogP contribution in [-0.2, 0) is 14.3 Å². The van der Waals surface area contributed by atoms with Gasteiger partial charge in [0, 0.05) is 38.6 Å². The van der Waals surface area contributed by atoms with Gasteiger partial charge in [0.15, 0.2) is 0 Å². The molecule has 2 amide bonds. The Hall–Kier alpha value is -1.14. The fourth-order valence-corrected chi connectivity index (χ4v) is 4.19. The molecule has 0 bridgehead atoms. The summed E-state index contributed by atoms with van der Waals surface area (Å²) in [5.74, 6) is 0.174. The van der Waals surface area contributed by atoms with E-state index in [1.165, 1.54) is 12.8 Å². The summed E-state index contributed by atoms with van der Waals surface area (Å²) in [5, 5.41) is 3.19. The third kappa shape index (κ3) is 3.91. The van der Waals surface area contributed by atoms with Crippen molar-refractivity contribution in [3.8, 4) is 0 Å². The predicted octanol–water partition coefficient (Wildman–Crippen LogP) is 1.15. The van der Waals surface area contributed by atoms with Gasteiger partial charge in [-0.25, -0.2) is 0 Å². The molecule has 1 N–H and O–H groups in total. The molecule has 0 aromatic heterocycles. The van der Waals surface area contributed by atoms with Crippen molar-refractivity contribution >= 4 is 11.8 Å². The average Bonchev–Trinajstić information content (AvgIpc) is 3.19. The Labute approximate surface area is 144 Å². The van der Waals surface area contributed by atoms with Gasteiger partial charge in [0.25, 0.3) is 0 Å². The summed E-state index contributed by atoms with van der Waals surface area (Å²) in [4.78, 5) is 29.3. The Morgan fingerprint density at radius 1 is 1.25 bits per heavy atom. The van der Waals surface area contributed by atoms with Crippen LogP contribution in [0.25, 0.3) is 0 Å². The van der Waals surface area contributed by atoms with E-state index in [0.717, 1.165) is 52.1 Å². The van der Waals surface area contributed by atoms with Gasteiger partial charge in [0.2, 0.25) is 11.8 Å². The van der Waals surface area contributed by atoms with Gasteiger partial charge in [-0.1, -0.05) is 12.8 Å². The molecule has 0 aromatic carbocycles. The molecular weight excluding hydrogens is 306 g/mol. The number of carbonyl (C=O) groups is 2. The molecule has 0 spiro atoms. The Bertz CT molecular complexity index is 458. The fraction of sp³-hybridized carbons (Fsp3) is 0.889. The monoisotopic (exact) mass is 337 g/mol. The summed E-state index contributed by atoms with van der Waals surface area (Å²) in [5.41, 5.74) is -0.662.